The number of hydrogen-bond acceptors (Lipinski definition) is 5. The number of rotatable bonds is 6. The van der Waals surface area contributed by atoms with Crippen LogP contribution in [0.5, 0.6) is 11.9 Å². The molecule has 0 aromatic carbocycles. The monoisotopic (exact) mass is 304 g/mol. The van der Waals surface area contributed by atoms with Crippen LogP contribution in [0.1, 0.15) is 20.3 Å². The van der Waals surface area contributed by atoms with Crippen molar-refractivity contribution in [2.45, 2.75) is 25.9 Å². The first kappa shape index (κ1) is 14.2. The van der Waals surface area contributed by atoms with E-state index in [1.54, 1.807) is 20.4 Å². The molecule has 1 aromatic rings. The fraction of sp³-hybridized carbons (Fsp3) is 0.636. The van der Waals surface area contributed by atoms with Crippen LogP contribution in [0, 0.1) is 0 Å². The summed E-state index contributed by atoms with van der Waals surface area (Å²) in [5.41, 5.74) is -0.209. The lowest BCUT2D eigenvalue weighted by molar-refractivity contribution is 0.00462. The molecule has 0 saturated heterocycles. The largest absolute Gasteiger partial charge is 0.480 e. The summed E-state index contributed by atoms with van der Waals surface area (Å²) in [6.45, 7) is 4.49. The highest BCUT2D eigenvalue weighted by atomic mass is 79.9. The highest BCUT2D eigenvalue weighted by molar-refractivity contribution is 9.10. The molecule has 0 aliphatic carbocycles. The second-order valence-corrected chi connectivity index (χ2v) is 4.93. The first-order chi connectivity index (χ1) is 7.98. The van der Waals surface area contributed by atoms with Crippen LogP contribution >= 0.6 is 15.9 Å². The molecular formula is C11H17BrN2O3. The van der Waals surface area contributed by atoms with Crippen LogP contribution in [-0.2, 0) is 4.74 Å². The van der Waals surface area contributed by atoms with Gasteiger partial charge < -0.3 is 14.2 Å². The van der Waals surface area contributed by atoms with E-state index in [0.717, 1.165) is 6.42 Å². The van der Waals surface area contributed by atoms with Crippen molar-refractivity contribution in [2.75, 3.05) is 20.8 Å². The van der Waals surface area contributed by atoms with Crippen LogP contribution in [0.25, 0.3) is 0 Å². The zero-order valence-electron chi connectivity index (χ0n) is 10.5. The normalized spacial score (nSPS) is 11.4. The number of ether oxygens (including phenoxy) is 3. The predicted octanol–water partition coefficient (Wildman–Crippen LogP) is 2.44. The van der Waals surface area contributed by atoms with Crippen molar-refractivity contribution in [1.82, 2.24) is 9.97 Å². The topological polar surface area (TPSA) is 53.5 Å². The van der Waals surface area contributed by atoms with Crippen LogP contribution < -0.4 is 9.47 Å². The minimum absolute atomic E-state index is 0.209. The third-order valence-corrected chi connectivity index (χ3v) is 2.91. The van der Waals surface area contributed by atoms with Crippen molar-refractivity contribution in [1.29, 1.82) is 0 Å². The van der Waals surface area contributed by atoms with E-state index in [2.05, 4.69) is 25.9 Å². The van der Waals surface area contributed by atoms with Gasteiger partial charge in [-0.1, -0.05) is 0 Å². The first-order valence-electron chi connectivity index (χ1n) is 5.23. The quantitative estimate of drug-likeness (QED) is 0.808. The minimum Gasteiger partial charge on any atom is -0.480 e. The summed E-state index contributed by atoms with van der Waals surface area (Å²) in [6, 6.07) is 0.303. The van der Waals surface area contributed by atoms with Gasteiger partial charge in [-0.2, -0.15) is 4.98 Å². The highest BCUT2D eigenvalue weighted by Gasteiger charge is 2.16. The Morgan fingerprint density at radius 1 is 1.35 bits per heavy atom. The van der Waals surface area contributed by atoms with E-state index in [1.807, 2.05) is 13.8 Å². The van der Waals surface area contributed by atoms with E-state index in [9.17, 15) is 0 Å². The lowest BCUT2D eigenvalue weighted by Crippen LogP contribution is -2.25. The molecule has 17 heavy (non-hydrogen) atoms. The minimum atomic E-state index is -0.209. The van der Waals surface area contributed by atoms with Gasteiger partial charge in [0.25, 0.3) is 0 Å². The van der Waals surface area contributed by atoms with E-state index in [1.165, 1.54) is 0 Å². The van der Waals surface area contributed by atoms with E-state index >= 15 is 0 Å². The third kappa shape index (κ3) is 4.47. The summed E-state index contributed by atoms with van der Waals surface area (Å²) in [6.07, 6.45) is 2.36. The van der Waals surface area contributed by atoms with Gasteiger partial charge in [-0.25, -0.2) is 4.98 Å². The smallest absolute Gasteiger partial charge is 0.319 e. The molecule has 1 aromatic heterocycles. The van der Waals surface area contributed by atoms with Gasteiger partial charge in [-0.15, -0.1) is 0 Å². The molecule has 6 heteroatoms. The summed E-state index contributed by atoms with van der Waals surface area (Å²) in [5.74, 6) is 0.459. The molecule has 0 atom stereocenters. The molecule has 0 spiro atoms. The van der Waals surface area contributed by atoms with Crippen molar-refractivity contribution in [3.05, 3.63) is 10.7 Å². The Balaban J connectivity index is 2.53. The standard InChI is InChI=1S/C11H17BrN2O3/c1-11(2,16-4)5-6-17-10-13-7-8(12)9(14-10)15-3/h7H,5-6H2,1-4H3. The Kier molecular flexibility index (Phi) is 5.14. The molecule has 0 N–H and O–H groups in total. The Hall–Kier alpha value is -0.880. The summed E-state index contributed by atoms with van der Waals surface area (Å²) < 4.78 is 16.5. The maximum Gasteiger partial charge on any atom is 0.319 e. The number of methoxy groups -OCH3 is 2. The number of nitrogens with zero attached hydrogens (tertiary/aromatic N) is 2. The Morgan fingerprint density at radius 3 is 2.65 bits per heavy atom. The van der Waals surface area contributed by atoms with Crippen molar-refractivity contribution in [3.63, 3.8) is 0 Å². The lowest BCUT2D eigenvalue weighted by Gasteiger charge is -2.22. The molecule has 0 unspecified atom stereocenters. The summed E-state index contributed by atoms with van der Waals surface area (Å²) >= 11 is 3.28. The first-order valence-corrected chi connectivity index (χ1v) is 6.02. The SMILES string of the molecule is COc1nc(OCCC(C)(C)OC)ncc1Br. The maximum absolute atomic E-state index is 5.44. The molecule has 0 aliphatic heterocycles. The number of aromatic nitrogens is 2. The zero-order chi connectivity index (χ0) is 12.9. The van der Waals surface area contributed by atoms with Crippen molar-refractivity contribution in [3.8, 4) is 11.9 Å². The van der Waals surface area contributed by atoms with E-state index in [0.29, 0.717) is 23.0 Å². The van der Waals surface area contributed by atoms with Crippen molar-refractivity contribution in [2.24, 2.45) is 0 Å². The van der Waals surface area contributed by atoms with E-state index < -0.39 is 0 Å². The number of halogens is 1. The zero-order valence-corrected chi connectivity index (χ0v) is 12.1. The molecule has 0 fully saturated rings. The van der Waals surface area contributed by atoms with E-state index in [-0.39, 0.29) is 5.60 Å². The molecular weight excluding hydrogens is 288 g/mol. The van der Waals surface area contributed by atoms with Gasteiger partial charge in [0, 0.05) is 13.5 Å². The molecule has 1 heterocycles. The van der Waals surface area contributed by atoms with Gasteiger partial charge in [0.1, 0.15) is 0 Å². The summed E-state index contributed by atoms with van der Waals surface area (Å²) in [4.78, 5) is 8.12. The molecule has 0 aliphatic rings. The lowest BCUT2D eigenvalue weighted by atomic mass is 10.1. The average molecular weight is 305 g/mol. The van der Waals surface area contributed by atoms with Crippen molar-refractivity contribution >= 4 is 15.9 Å². The molecule has 1 rings (SSSR count). The molecule has 0 amide bonds. The fourth-order valence-corrected chi connectivity index (χ4v) is 1.39. The fourth-order valence-electron chi connectivity index (χ4n) is 1.04. The van der Waals surface area contributed by atoms with Gasteiger partial charge in [0.05, 0.1) is 30.0 Å². The van der Waals surface area contributed by atoms with Crippen LogP contribution in [0.15, 0.2) is 10.7 Å². The van der Waals surface area contributed by atoms with Crippen LogP contribution in [0.4, 0.5) is 0 Å². The van der Waals surface area contributed by atoms with Gasteiger partial charge in [0.2, 0.25) is 5.88 Å². The van der Waals surface area contributed by atoms with Crippen LogP contribution in [0.2, 0.25) is 0 Å². The Labute approximate surface area is 110 Å². The highest BCUT2D eigenvalue weighted by Crippen LogP contribution is 2.23. The van der Waals surface area contributed by atoms with Gasteiger partial charge in [0.15, 0.2) is 0 Å². The van der Waals surface area contributed by atoms with E-state index in [4.69, 9.17) is 14.2 Å². The molecule has 0 saturated carbocycles. The van der Waals surface area contributed by atoms with Crippen molar-refractivity contribution < 1.29 is 14.2 Å². The molecule has 96 valence electrons. The Morgan fingerprint density at radius 2 is 2.06 bits per heavy atom. The second kappa shape index (κ2) is 6.16. The number of hydrogen-bond donors (Lipinski definition) is 0. The molecule has 5 nitrogen and oxygen atoms in total. The summed E-state index contributed by atoms with van der Waals surface area (Å²) in [7, 11) is 3.23. The third-order valence-electron chi connectivity index (χ3n) is 2.37. The van der Waals surface area contributed by atoms with Gasteiger partial charge in [-0.3, -0.25) is 0 Å². The maximum atomic E-state index is 5.44. The molecule has 0 bridgehead atoms. The molecule has 0 radical (unpaired) electrons. The van der Waals surface area contributed by atoms with Crippen LogP contribution in [-0.4, -0.2) is 36.4 Å². The summed E-state index contributed by atoms with van der Waals surface area (Å²) in [5, 5.41) is 0. The van der Waals surface area contributed by atoms with Gasteiger partial charge in [-0.05, 0) is 29.8 Å². The predicted molar refractivity (Wildman–Crippen MR) is 67.5 cm³/mol. The van der Waals surface area contributed by atoms with Crippen LogP contribution in [0.3, 0.4) is 0 Å². The van der Waals surface area contributed by atoms with Gasteiger partial charge >= 0.3 is 6.01 Å². The Bertz CT molecular complexity index is 372. The average Bonchev–Trinajstić information content (AvgIpc) is 2.31. The second-order valence-electron chi connectivity index (χ2n) is 4.07.